The molecule has 19 heteroatoms. The van der Waals surface area contributed by atoms with E-state index in [-0.39, 0.29) is 72.5 Å². The predicted octanol–water partition coefficient (Wildman–Crippen LogP) is 5.22. The lowest BCUT2D eigenvalue weighted by Gasteiger charge is -2.29. The van der Waals surface area contributed by atoms with E-state index in [0.717, 1.165) is 29.0 Å². The van der Waals surface area contributed by atoms with Gasteiger partial charge in [0, 0.05) is 72.8 Å². The standard InChI is InChI=1S/C44H44N12O7/c1-26-8-16-35(41(59)46-26)56-42(60)32-6-3-7-37(40(32)43(56)61)63-25-31(57)5-4-19-62-20-18-55-24-30(51-54-55)15-17-36(58)34-22-38(49-39-21-33(52-53-39)28-11-12-28)50-44(48-34)47-29-13-9-27(10-14-29)23-45-2/h3,6-7,9-10,13-14,21-22,24,28,35H,1,4-5,8,11-12,15-20,23,25H2,(H,46,59)(H3,47,48,49,50,52,53). The van der Waals surface area contributed by atoms with Crippen LogP contribution >= 0.6 is 0 Å². The average Bonchev–Trinajstić information content (AvgIpc) is 3.75. The summed E-state index contributed by atoms with van der Waals surface area (Å²) in [5, 5.41) is 24.8. The number of Topliss-reactive ketones (excluding diaryl/α,β-unsaturated/α-hetero) is 2. The van der Waals surface area contributed by atoms with Gasteiger partial charge in [-0.15, -0.1) is 5.10 Å². The van der Waals surface area contributed by atoms with Crippen LogP contribution in [0.5, 0.6) is 5.75 Å². The zero-order valence-electron chi connectivity index (χ0n) is 34.3. The number of aryl methyl sites for hydroxylation is 1. The van der Waals surface area contributed by atoms with Crippen molar-refractivity contribution >= 4 is 52.6 Å². The van der Waals surface area contributed by atoms with E-state index in [1.165, 1.54) is 12.1 Å². The van der Waals surface area contributed by atoms with Gasteiger partial charge in [-0.05, 0) is 68.5 Å². The third-order valence-electron chi connectivity index (χ3n) is 10.7. The lowest BCUT2D eigenvalue weighted by atomic mass is 10.0. The Labute approximate surface area is 361 Å². The Morgan fingerprint density at radius 2 is 1.81 bits per heavy atom. The van der Waals surface area contributed by atoms with Gasteiger partial charge in [0.15, 0.2) is 17.4 Å². The fraction of sp³-hybridized carbons (Fsp3) is 0.341. The van der Waals surface area contributed by atoms with Crippen LogP contribution in [0.3, 0.4) is 0 Å². The summed E-state index contributed by atoms with van der Waals surface area (Å²) in [4.78, 5) is 78.6. The molecular weight excluding hydrogens is 809 g/mol. The molecule has 1 saturated carbocycles. The molecule has 0 radical (unpaired) electrons. The van der Waals surface area contributed by atoms with E-state index in [1.807, 2.05) is 30.3 Å². The van der Waals surface area contributed by atoms with Crippen LogP contribution in [0.4, 0.5) is 23.3 Å². The van der Waals surface area contributed by atoms with Gasteiger partial charge in [-0.1, -0.05) is 17.9 Å². The van der Waals surface area contributed by atoms with Gasteiger partial charge >= 0.3 is 0 Å². The van der Waals surface area contributed by atoms with Crippen molar-refractivity contribution in [3.8, 4) is 5.75 Å². The quantitative estimate of drug-likeness (QED) is 0.0321. The maximum absolute atomic E-state index is 13.5. The first kappa shape index (κ1) is 42.1. The SMILES string of the molecule is [C-]#[N+]Cc1ccc(Nc2nc(Nc3cc(C4CC4)[nH]n3)cc(C(=O)CCc3cn(CCOCCCC(=O)COc4cccc5c4C(=O)N(C4CCC(=C)NC4=O)C5=O)nn3)n2)cc1. The van der Waals surface area contributed by atoms with Gasteiger partial charge in [0.05, 0.1) is 30.0 Å². The average molecular weight is 853 g/mol. The highest BCUT2D eigenvalue weighted by Crippen LogP contribution is 2.40. The van der Waals surface area contributed by atoms with Crippen molar-refractivity contribution in [3.05, 3.63) is 118 Å². The topological polar surface area (TPSA) is 233 Å². The molecule has 3 aliphatic rings. The number of carbonyl (C=O) groups is 5. The number of carbonyl (C=O) groups excluding carboxylic acids is 5. The summed E-state index contributed by atoms with van der Waals surface area (Å²) in [6.45, 7) is 11.9. The minimum atomic E-state index is -0.950. The van der Waals surface area contributed by atoms with Crippen molar-refractivity contribution < 1.29 is 33.4 Å². The second kappa shape index (κ2) is 19.0. The summed E-state index contributed by atoms with van der Waals surface area (Å²) >= 11 is 0. The number of ether oxygens (including phenoxy) is 2. The zero-order valence-corrected chi connectivity index (χ0v) is 34.3. The van der Waals surface area contributed by atoms with Crippen molar-refractivity contribution in [2.24, 2.45) is 0 Å². The van der Waals surface area contributed by atoms with Crippen LogP contribution in [-0.4, -0.2) is 95.2 Å². The second-order valence-electron chi connectivity index (χ2n) is 15.5. The number of nitrogens with zero attached hydrogens (tertiary/aromatic N) is 8. The highest BCUT2D eigenvalue weighted by atomic mass is 16.5. The van der Waals surface area contributed by atoms with Crippen molar-refractivity contribution in [3.63, 3.8) is 0 Å². The molecule has 3 amide bonds. The summed E-state index contributed by atoms with van der Waals surface area (Å²) in [5.74, 6) is -0.293. The van der Waals surface area contributed by atoms with Crippen LogP contribution in [0.1, 0.15) is 99.0 Å². The number of benzene rings is 2. The van der Waals surface area contributed by atoms with Crippen molar-refractivity contribution in [1.82, 2.24) is 45.4 Å². The number of aromatic amines is 1. The molecule has 1 aliphatic carbocycles. The van der Waals surface area contributed by atoms with Crippen LogP contribution in [0, 0.1) is 6.57 Å². The molecule has 2 aromatic carbocycles. The molecule has 1 unspecified atom stereocenters. The normalized spacial score (nSPS) is 15.8. The van der Waals surface area contributed by atoms with Gasteiger partial charge in [-0.2, -0.15) is 10.1 Å². The van der Waals surface area contributed by atoms with Gasteiger partial charge < -0.3 is 30.3 Å². The van der Waals surface area contributed by atoms with Gasteiger partial charge in [0.1, 0.15) is 29.9 Å². The van der Waals surface area contributed by atoms with Gasteiger partial charge in [-0.3, -0.25) is 34.0 Å². The Morgan fingerprint density at radius 1 is 0.968 bits per heavy atom. The number of nitrogens with one attached hydrogen (secondary N) is 4. The molecule has 4 N–H and O–H groups in total. The smallest absolute Gasteiger partial charge is 0.266 e. The summed E-state index contributed by atoms with van der Waals surface area (Å²) < 4.78 is 13.1. The largest absolute Gasteiger partial charge is 0.485 e. The Kier molecular flexibility index (Phi) is 12.7. The summed E-state index contributed by atoms with van der Waals surface area (Å²) in [6.07, 6.45) is 5.78. The third-order valence-corrected chi connectivity index (χ3v) is 10.7. The summed E-state index contributed by atoms with van der Waals surface area (Å²) in [7, 11) is 0. The molecule has 3 aromatic heterocycles. The Bertz CT molecular complexity index is 2610. The first-order valence-electron chi connectivity index (χ1n) is 20.7. The molecule has 0 bridgehead atoms. The molecule has 19 nitrogen and oxygen atoms in total. The number of ketones is 2. The molecule has 2 fully saturated rings. The fourth-order valence-electron chi connectivity index (χ4n) is 7.24. The van der Waals surface area contributed by atoms with Crippen LogP contribution in [0.15, 0.2) is 73.1 Å². The number of hydrogen-bond acceptors (Lipinski definition) is 14. The second-order valence-corrected chi connectivity index (χ2v) is 15.5. The zero-order chi connectivity index (χ0) is 43.9. The van der Waals surface area contributed by atoms with Crippen molar-refractivity contribution in [2.45, 2.75) is 76.4 Å². The molecule has 5 heterocycles. The molecule has 1 saturated heterocycles. The third kappa shape index (κ3) is 10.3. The lowest BCUT2D eigenvalue weighted by molar-refractivity contribution is -0.125. The van der Waals surface area contributed by atoms with E-state index >= 15 is 0 Å². The monoisotopic (exact) mass is 852 g/mol. The Morgan fingerprint density at radius 3 is 2.60 bits per heavy atom. The van der Waals surface area contributed by atoms with E-state index in [0.29, 0.717) is 73.7 Å². The highest BCUT2D eigenvalue weighted by molar-refractivity contribution is 6.24. The first-order chi connectivity index (χ1) is 30.6. The van der Waals surface area contributed by atoms with Gasteiger partial charge in [0.25, 0.3) is 11.8 Å². The summed E-state index contributed by atoms with van der Waals surface area (Å²) in [6, 6.07) is 14.5. The number of hydrogen-bond donors (Lipinski definition) is 4. The van der Waals surface area contributed by atoms with Crippen molar-refractivity contribution in [2.75, 3.05) is 30.5 Å². The van der Waals surface area contributed by atoms with Crippen molar-refractivity contribution in [1.29, 1.82) is 0 Å². The number of aromatic nitrogens is 7. The predicted molar refractivity (Wildman–Crippen MR) is 226 cm³/mol. The number of allylic oxidation sites excluding steroid dienone is 1. The number of imide groups is 1. The Balaban J connectivity index is 0.774. The van der Waals surface area contributed by atoms with Gasteiger partial charge in [-0.25, -0.2) is 16.2 Å². The molecule has 322 valence electrons. The summed E-state index contributed by atoms with van der Waals surface area (Å²) in [5.41, 5.74) is 4.18. The highest BCUT2D eigenvalue weighted by Gasteiger charge is 2.45. The lowest BCUT2D eigenvalue weighted by Crippen LogP contribution is -2.51. The number of fused-ring (bicyclic) bond motifs is 1. The van der Waals surface area contributed by atoms with E-state index in [2.05, 4.69) is 57.9 Å². The van der Waals surface area contributed by atoms with Crippen LogP contribution in [0.25, 0.3) is 4.85 Å². The molecule has 0 spiro atoms. The Hall–Kier alpha value is -7.59. The molecule has 5 aromatic rings. The van der Waals surface area contributed by atoms with Gasteiger partial charge in [0.2, 0.25) is 18.4 Å². The van der Waals surface area contributed by atoms with Crippen LogP contribution < -0.4 is 20.7 Å². The number of piperidine rings is 1. The maximum atomic E-state index is 13.5. The minimum Gasteiger partial charge on any atom is -0.485 e. The minimum absolute atomic E-state index is 0.0411. The number of H-pyrrole nitrogens is 1. The van der Waals surface area contributed by atoms with E-state index in [1.54, 1.807) is 23.0 Å². The van der Waals surface area contributed by atoms with E-state index in [9.17, 15) is 24.0 Å². The van der Waals surface area contributed by atoms with Crippen LogP contribution in [0.2, 0.25) is 0 Å². The van der Waals surface area contributed by atoms with E-state index in [4.69, 9.17) is 16.0 Å². The first-order valence-corrected chi connectivity index (χ1v) is 20.7. The number of anilines is 4. The fourth-order valence-corrected chi connectivity index (χ4v) is 7.24. The molecule has 1 atom stereocenters. The molecule has 8 rings (SSSR count). The molecular formula is C44H44N12O7. The molecule has 63 heavy (non-hydrogen) atoms. The number of amides is 3. The van der Waals surface area contributed by atoms with E-state index < -0.39 is 23.8 Å². The maximum Gasteiger partial charge on any atom is 0.266 e. The number of rotatable bonds is 21. The van der Waals surface area contributed by atoms with Crippen LogP contribution in [-0.2, 0) is 33.8 Å². The molecule has 2 aliphatic heterocycles.